The lowest BCUT2D eigenvalue weighted by Gasteiger charge is -2.09. The Balaban J connectivity index is 2.81. The number of halogens is 3. The molecule has 5 heteroatoms. The Hall–Kier alpha value is -1.26. The molecule has 0 amide bonds. The molecule has 0 spiro atoms. The van der Waals surface area contributed by atoms with Gasteiger partial charge < -0.3 is 4.74 Å². The Bertz CT molecular complexity index is 328. The second-order valence-corrected chi connectivity index (χ2v) is 3.40. The lowest BCUT2D eigenvalue weighted by molar-refractivity contribution is 0.0797. The molecule has 0 saturated heterocycles. The van der Waals surface area contributed by atoms with Crippen molar-refractivity contribution in [2.75, 3.05) is 6.61 Å². The van der Waals surface area contributed by atoms with Gasteiger partial charge in [-0.2, -0.15) is 0 Å². The summed E-state index contributed by atoms with van der Waals surface area (Å²) in [6.45, 7) is 2.94. The van der Waals surface area contributed by atoms with Gasteiger partial charge in [0, 0.05) is 11.8 Å². The summed E-state index contributed by atoms with van der Waals surface area (Å²) >= 11 is 0. The standard InChI is InChI=1S/C10H12F3NO/c1-6(2)8-3-9(7(11)4-14-8)15-5-10(12)13/h3-4,6,10H,5H2,1-2H3. The maximum absolute atomic E-state index is 13.1. The van der Waals surface area contributed by atoms with Crippen molar-refractivity contribution in [1.82, 2.24) is 4.98 Å². The van der Waals surface area contributed by atoms with Gasteiger partial charge in [0.1, 0.15) is 6.61 Å². The zero-order valence-corrected chi connectivity index (χ0v) is 8.51. The molecule has 1 heterocycles. The second-order valence-electron chi connectivity index (χ2n) is 3.40. The Kier molecular flexibility index (Phi) is 3.94. The molecule has 84 valence electrons. The summed E-state index contributed by atoms with van der Waals surface area (Å²) in [5, 5.41) is 0. The van der Waals surface area contributed by atoms with E-state index in [0.717, 1.165) is 6.20 Å². The molecule has 0 unspecified atom stereocenters. The summed E-state index contributed by atoms with van der Waals surface area (Å²) in [5.41, 5.74) is 0.612. The normalized spacial score (nSPS) is 11.1. The van der Waals surface area contributed by atoms with Gasteiger partial charge in [0.15, 0.2) is 11.6 Å². The number of pyridine rings is 1. The van der Waals surface area contributed by atoms with E-state index in [-0.39, 0.29) is 11.7 Å². The molecule has 0 bridgehead atoms. The third-order valence-corrected chi connectivity index (χ3v) is 1.80. The van der Waals surface area contributed by atoms with Crippen molar-refractivity contribution in [3.63, 3.8) is 0 Å². The van der Waals surface area contributed by atoms with Crippen LogP contribution in [0.15, 0.2) is 12.3 Å². The molecule has 0 fully saturated rings. The van der Waals surface area contributed by atoms with Crippen LogP contribution in [0.25, 0.3) is 0 Å². The number of aromatic nitrogens is 1. The van der Waals surface area contributed by atoms with Gasteiger partial charge in [0.2, 0.25) is 0 Å². The van der Waals surface area contributed by atoms with E-state index >= 15 is 0 Å². The van der Waals surface area contributed by atoms with E-state index in [0.29, 0.717) is 5.69 Å². The van der Waals surface area contributed by atoms with Crippen molar-refractivity contribution in [2.24, 2.45) is 0 Å². The highest BCUT2D eigenvalue weighted by Gasteiger charge is 2.11. The highest BCUT2D eigenvalue weighted by molar-refractivity contribution is 5.26. The smallest absolute Gasteiger partial charge is 0.272 e. The molecule has 0 radical (unpaired) electrons. The first-order valence-electron chi connectivity index (χ1n) is 4.57. The predicted octanol–water partition coefficient (Wildman–Crippen LogP) is 2.99. The minimum absolute atomic E-state index is 0.0968. The molecule has 1 aromatic rings. The summed E-state index contributed by atoms with van der Waals surface area (Å²) in [5.74, 6) is -0.798. The highest BCUT2D eigenvalue weighted by atomic mass is 19.3. The van der Waals surface area contributed by atoms with Crippen LogP contribution < -0.4 is 4.74 Å². The van der Waals surface area contributed by atoms with E-state index in [2.05, 4.69) is 9.72 Å². The quantitative estimate of drug-likeness (QED) is 0.776. The van der Waals surface area contributed by atoms with Crippen LogP contribution in [0.3, 0.4) is 0 Å². The number of alkyl halides is 2. The maximum atomic E-state index is 13.1. The molecule has 0 saturated carbocycles. The fraction of sp³-hybridized carbons (Fsp3) is 0.500. The summed E-state index contributed by atoms with van der Waals surface area (Å²) in [7, 11) is 0. The van der Waals surface area contributed by atoms with Gasteiger partial charge in [-0.3, -0.25) is 4.98 Å². The van der Waals surface area contributed by atoms with E-state index in [4.69, 9.17) is 0 Å². The first-order chi connectivity index (χ1) is 7.00. The topological polar surface area (TPSA) is 22.1 Å². The fourth-order valence-electron chi connectivity index (χ4n) is 1.01. The average molecular weight is 219 g/mol. The third kappa shape index (κ3) is 3.42. The number of hydrogen-bond donors (Lipinski definition) is 0. The maximum Gasteiger partial charge on any atom is 0.272 e. The Labute approximate surface area is 86.1 Å². The van der Waals surface area contributed by atoms with Crippen molar-refractivity contribution in [1.29, 1.82) is 0 Å². The monoisotopic (exact) mass is 219 g/mol. The van der Waals surface area contributed by atoms with E-state index in [9.17, 15) is 13.2 Å². The molecule has 1 aromatic heterocycles. The fourth-order valence-corrected chi connectivity index (χ4v) is 1.01. The van der Waals surface area contributed by atoms with E-state index in [1.807, 2.05) is 13.8 Å². The van der Waals surface area contributed by atoms with Crippen LogP contribution in [0, 0.1) is 5.82 Å². The van der Waals surface area contributed by atoms with Gasteiger partial charge in [-0.1, -0.05) is 13.8 Å². The minimum Gasteiger partial charge on any atom is -0.484 e. The van der Waals surface area contributed by atoms with Gasteiger partial charge in [-0.05, 0) is 5.92 Å². The van der Waals surface area contributed by atoms with Crippen LogP contribution in [0.2, 0.25) is 0 Å². The third-order valence-electron chi connectivity index (χ3n) is 1.80. The molecular formula is C10H12F3NO. The average Bonchev–Trinajstić information content (AvgIpc) is 2.16. The minimum atomic E-state index is -2.61. The largest absolute Gasteiger partial charge is 0.484 e. The van der Waals surface area contributed by atoms with Crippen LogP contribution in [-0.2, 0) is 0 Å². The number of rotatable bonds is 4. The molecule has 0 aromatic carbocycles. The number of hydrogen-bond acceptors (Lipinski definition) is 2. The van der Waals surface area contributed by atoms with Crippen molar-refractivity contribution < 1.29 is 17.9 Å². The van der Waals surface area contributed by atoms with Crippen molar-refractivity contribution in [3.8, 4) is 5.75 Å². The number of ether oxygens (including phenoxy) is 1. The van der Waals surface area contributed by atoms with Gasteiger partial charge in [0.05, 0.1) is 6.20 Å². The van der Waals surface area contributed by atoms with Crippen molar-refractivity contribution in [3.05, 3.63) is 23.8 Å². The second kappa shape index (κ2) is 5.00. The number of nitrogens with zero attached hydrogens (tertiary/aromatic N) is 1. The van der Waals surface area contributed by atoms with E-state index in [1.54, 1.807) is 0 Å². The van der Waals surface area contributed by atoms with Crippen LogP contribution in [0.4, 0.5) is 13.2 Å². The molecule has 1 rings (SSSR count). The Morgan fingerprint density at radius 3 is 2.60 bits per heavy atom. The van der Waals surface area contributed by atoms with Crippen LogP contribution in [0.1, 0.15) is 25.5 Å². The molecule has 0 aliphatic rings. The predicted molar refractivity (Wildman–Crippen MR) is 49.8 cm³/mol. The first-order valence-corrected chi connectivity index (χ1v) is 4.57. The van der Waals surface area contributed by atoms with E-state index in [1.165, 1.54) is 6.07 Å². The first kappa shape index (κ1) is 11.8. The van der Waals surface area contributed by atoms with Gasteiger partial charge in [-0.15, -0.1) is 0 Å². The lowest BCUT2D eigenvalue weighted by Crippen LogP contribution is -2.09. The summed E-state index contributed by atoms with van der Waals surface area (Å²) in [6.07, 6.45) is -1.63. The molecule has 0 atom stereocenters. The van der Waals surface area contributed by atoms with Gasteiger partial charge >= 0.3 is 0 Å². The van der Waals surface area contributed by atoms with Gasteiger partial charge in [-0.25, -0.2) is 13.2 Å². The van der Waals surface area contributed by atoms with E-state index < -0.39 is 18.8 Å². The van der Waals surface area contributed by atoms with Crippen molar-refractivity contribution in [2.45, 2.75) is 26.2 Å². The molecule has 2 nitrogen and oxygen atoms in total. The Morgan fingerprint density at radius 1 is 1.40 bits per heavy atom. The lowest BCUT2D eigenvalue weighted by atomic mass is 10.1. The Morgan fingerprint density at radius 2 is 2.07 bits per heavy atom. The SMILES string of the molecule is CC(C)c1cc(OCC(F)F)c(F)cn1. The molecule has 0 aliphatic heterocycles. The highest BCUT2D eigenvalue weighted by Crippen LogP contribution is 2.21. The molecular weight excluding hydrogens is 207 g/mol. The van der Waals surface area contributed by atoms with Crippen LogP contribution >= 0.6 is 0 Å². The van der Waals surface area contributed by atoms with Crippen LogP contribution in [0.5, 0.6) is 5.75 Å². The zero-order valence-electron chi connectivity index (χ0n) is 8.51. The van der Waals surface area contributed by atoms with Crippen molar-refractivity contribution >= 4 is 0 Å². The summed E-state index contributed by atoms with van der Waals surface area (Å²) in [6, 6.07) is 1.35. The summed E-state index contributed by atoms with van der Waals surface area (Å²) < 4.78 is 41.4. The van der Waals surface area contributed by atoms with Crippen LogP contribution in [-0.4, -0.2) is 18.0 Å². The molecule has 0 N–H and O–H groups in total. The summed E-state index contributed by atoms with van der Waals surface area (Å²) in [4.78, 5) is 3.82. The van der Waals surface area contributed by atoms with Gasteiger partial charge in [0.25, 0.3) is 6.43 Å². The molecule has 15 heavy (non-hydrogen) atoms. The molecule has 0 aliphatic carbocycles. The zero-order chi connectivity index (χ0) is 11.4.